The summed E-state index contributed by atoms with van der Waals surface area (Å²) < 4.78 is 16.1. The molecule has 0 radical (unpaired) electrons. The Kier molecular flexibility index (Phi) is 5.24. The third kappa shape index (κ3) is 3.94. The molecule has 3 nitrogen and oxygen atoms in total. The molecular formula is C20H19FN2OS. The Labute approximate surface area is 149 Å². The Balaban J connectivity index is 1.94. The fourth-order valence-electron chi connectivity index (χ4n) is 2.65. The summed E-state index contributed by atoms with van der Waals surface area (Å²) >= 11 is 1.31. The lowest BCUT2D eigenvalue weighted by Crippen LogP contribution is -2.16. The molecule has 0 atom stereocenters. The molecule has 0 saturated carbocycles. The van der Waals surface area contributed by atoms with E-state index in [1.165, 1.54) is 29.0 Å². The van der Waals surface area contributed by atoms with Gasteiger partial charge in [0.15, 0.2) is 4.80 Å². The molecule has 0 bridgehead atoms. The van der Waals surface area contributed by atoms with Crippen molar-refractivity contribution in [2.45, 2.75) is 26.3 Å². The number of nitrogens with zero attached hydrogens (tertiary/aromatic N) is 2. The van der Waals surface area contributed by atoms with Crippen molar-refractivity contribution in [1.29, 1.82) is 0 Å². The van der Waals surface area contributed by atoms with Gasteiger partial charge in [-0.2, -0.15) is 4.99 Å². The summed E-state index contributed by atoms with van der Waals surface area (Å²) in [7, 11) is 0. The number of halogens is 1. The molecule has 0 unspecified atom stereocenters. The Bertz CT molecular complexity index is 983. The van der Waals surface area contributed by atoms with Crippen molar-refractivity contribution < 1.29 is 9.18 Å². The van der Waals surface area contributed by atoms with Crippen LogP contribution in [0.4, 0.5) is 4.39 Å². The van der Waals surface area contributed by atoms with Gasteiger partial charge >= 0.3 is 0 Å². The average molecular weight is 354 g/mol. The molecule has 1 amide bonds. The fourth-order valence-corrected chi connectivity index (χ4v) is 3.73. The molecule has 0 spiro atoms. The van der Waals surface area contributed by atoms with E-state index in [2.05, 4.69) is 18.5 Å². The first kappa shape index (κ1) is 17.3. The van der Waals surface area contributed by atoms with Crippen LogP contribution in [0.2, 0.25) is 0 Å². The first-order valence-corrected chi connectivity index (χ1v) is 8.97. The zero-order valence-electron chi connectivity index (χ0n) is 14.0. The van der Waals surface area contributed by atoms with Crippen LogP contribution in [0, 0.1) is 5.82 Å². The number of benzene rings is 2. The highest BCUT2D eigenvalue weighted by Crippen LogP contribution is 2.18. The largest absolute Gasteiger partial charge is 0.313 e. The van der Waals surface area contributed by atoms with Gasteiger partial charge < -0.3 is 4.57 Å². The quantitative estimate of drug-likeness (QED) is 0.631. The second-order valence-corrected chi connectivity index (χ2v) is 6.76. The molecule has 1 heterocycles. The van der Waals surface area contributed by atoms with Gasteiger partial charge in [0.05, 0.1) is 16.6 Å². The molecule has 0 fully saturated rings. The summed E-state index contributed by atoms with van der Waals surface area (Å²) in [6.45, 7) is 6.36. The van der Waals surface area contributed by atoms with Gasteiger partial charge in [-0.25, -0.2) is 4.39 Å². The van der Waals surface area contributed by atoms with Crippen LogP contribution in [0.25, 0.3) is 10.2 Å². The molecule has 25 heavy (non-hydrogen) atoms. The third-order valence-electron chi connectivity index (χ3n) is 3.96. The van der Waals surface area contributed by atoms with Crippen molar-refractivity contribution in [2.24, 2.45) is 4.99 Å². The van der Waals surface area contributed by atoms with Crippen LogP contribution < -0.4 is 4.80 Å². The number of carbonyl (C=O) groups is 1. The highest BCUT2D eigenvalue weighted by molar-refractivity contribution is 7.16. The van der Waals surface area contributed by atoms with Crippen LogP contribution in [-0.4, -0.2) is 10.5 Å². The number of aromatic nitrogens is 1. The summed E-state index contributed by atoms with van der Waals surface area (Å²) in [5.74, 6) is -0.512. The lowest BCUT2D eigenvalue weighted by Gasteiger charge is -2.01. The van der Waals surface area contributed by atoms with Crippen LogP contribution >= 0.6 is 11.3 Å². The number of aryl methyl sites for hydroxylation is 1. The van der Waals surface area contributed by atoms with E-state index in [1.54, 1.807) is 12.1 Å². The number of hydrogen-bond donors (Lipinski definition) is 0. The van der Waals surface area contributed by atoms with E-state index < -0.39 is 0 Å². The van der Waals surface area contributed by atoms with Crippen molar-refractivity contribution in [3.8, 4) is 0 Å². The van der Waals surface area contributed by atoms with Gasteiger partial charge in [0.1, 0.15) is 5.82 Å². The smallest absolute Gasteiger partial charge is 0.252 e. The van der Waals surface area contributed by atoms with Crippen LogP contribution in [0.3, 0.4) is 0 Å². The van der Waals surface area contributed by atoms with Gasteiger partial charge in [0, 0.05) is 6.54 Å². The molecule has 0 aliphatic heterocycles. The fraction of sp³-hybridized carbons (Fsp3) is 0.200. The minimum Gasteiger partial charge on any atom is -0.313 e. The van der Waals surface area contributed by atoms with Gasteiger partial charge in [0.2, 0.25) is 0 Å². The van der Waals surface area contributed by atoms with Crippen LogP contribution in [-0.2, 0) is 24.2 Å². The summed E-state index contributed by atoms with van der Waals surface area (Å²) in [6, 6.07) is 12.6. The van der Waals surface area contributed by atoms with E-state index in [9.17, 15) is 9.18 Å². The van der Waals surface area contributed by atoms with E-state index in [0.717, 1.165) is 22.2 Å². The maximum absolute atomic E-state index is 13.5. The van der Waals surface area contributed by atoms with Crippen LogP contribution in [0.1, 0.15) is 18.1 Å². The molecule has 128 valence electrons. The monoisotopic (exact) mass is 354 g/mol. The van der Waals surface area contributed by atoms with Gasteiger partial charge in [-0.15, -0.1) is 6.58 Å². The number of amides is 1. The molecule has 0 aliphatic rings. The van der Waals surface area contributed by atoms with Crippen LogP contribution in [0.5, 0.6) is 0 Å². The summed E-state index contributed by atoms with van der Waals surface area (Å²) in [4.78, 5) is 17.2. The maximum atomic E-state index is 13.5. The average Bonchev–Trinajstić information content (AvgIpc) is 2.92. The Hall–Kier alpha value is -2.53. The third-order valence-corrected chi connectivity index (χ3v) is 5.00. The molecule has 0 N–H and O–H groups in total. The minimum atomic E-state index is -0.298. The Morgan fingerprint density at radius 1 is 1.24 bits per heavy atom. The van der Waals surface area contributed by atoms with Crippen molar-refractivity contribution in [3.05, 3.63) is 76.9 Å². The summed E-state index contributed by atoms with van der Waals surface area (Å²) in [5, 5.41) is 0. The van der Waals surface area contributed by atoms with E-state index in [4.69, 9.17) is 0 Å². The molecular weight excluding hydrogens is 335 g/mol. The number of fused-ring (bicyclic) bond motifs is 1. The van der Waals surface area contributed by atoms with Crippen LogP contribution in [0.15, 0.2) is 60.1 Å². The number of hydrogen-bond acceptors (Lipinski definition) is 2. The number of thiazole rings is 1. The lowest BCUT2D eigenvalue weighted by molar-refractivity contribution is -0.117. The van der Waals surface area contributed by atoms with Gasteiger partial charge in [-0.1, -0.05) is 48.6 Å². The molecule has 2 aromatic carbocycles. The van der Waals surface area contributed by atoms with E-state index in [1.807, 2.05) is 28.8 Å². The van der Waals surface area contributed by atoms with Crippen molar-refractivity contribution >= 4 is 27.5 Å². The molecule has 0 aliphatic carbocycles. The normalized spacial score (nSPS) is 11.8. The standard InChI is InChI=1S/C20H19FN2OS/c1-3-11-23-17-10-9-16(21)13-18(17)25-20(23)22-19(24)12-15-7-5-14(4-2)6-8-15/h3,5-10,13H,1,4,11-12H2,2H3. The van der Waals surface area contributed by atoms with Crippen molar-refractivity contribution in [1.82, 2.24) is 4.57 Å². The summed E-state index contributed by atoms with van der Waals surface area (Å²) in [5.41, 5.74) is 3.03. The molecule has 1 aromatic heterocycles. The molecule has 0 saturated heterocycles. The first-order valence-electron chi connectivity index (χ1n) is 8.16. The van der Waals surface area contributed by atoms with Gasteiger partial charge in [0.25, 0.3) is 5.91 Å². The highest BCUT2D eigenvalue weighted by atomic mass is 32.1. The zero-order chi connectivity index (χ0) is 17.8. The molecule has 3 aromatic rings. The Morgan fingerprint density at radius 3 is 2.64 bits per heavy atom. The Morgan fingerprint density at radius 2 is 1.96 bits per heavy atom. The van der Waals surface area contributed by atoms with Crippen molar-refractivity contribution in [3.63, 3.8) is 0 Å². The first-order chi connectivity index (χ1) is 12.1. The predicted molar refractivity (Wildman–Crippen MR) is 100 cm³/mol. The molecule has 5 heteroatoms. The second-order valence-electron chi connectivity index (χ2n) is 5.75. The summed E-state index contributed by atoms with van der Waals surface area (Å²) in [6.07, 6.45) is 2.96. The number of carbonyl (C=O) groups excluding carboxylic acids is 1. The topological polar surface area (TPSA) is 34.4 Å². The lowest BCUT2D eigenvalue weighted by atomic mass is 10.1. The maximum Gasteiger partial charge on any atom is 0.252 e. The number of allylic oxidation sites excluding steroid dienone is 1. The van der Waals surface area contributed by atoms with Gasteiger partial charge in [-0.05, 0) is 35.7 Å². The van der Waals surface area contributed by atoms with E-state index >= 15 is 0 Å². The van der Waals surface area contributed by atoms with E-state index in [0.29, 0.717) is 11.3 Å². The van der Waals surface area contributed by atoms with Crippen molar-refractivity contribution in [2.75, 3.05) is 0 Å². The van der Waals surface area contributed by atoms with E-state index in [-0.39, 0.29) is 18.1 Å². The second kappa shape index (κ2) is 7.57. The van der Waals surface area contributed by atoms with Gasteiger partial charge in [-0.3, -0.25) is 4.79 Å². The molecule has 3 rings (SSSR count). The minimum absolute atomic E-state index is 0.214. The SMILES string of the molecule is C=CCn1c(=NC(=O)Cc2ccc(CC)cc2)sc2cc(F)ccc21. The zero-order valence-corrected chi connectivity index (χ0v) is 14.9. The predicted octanol–water partition coefficient (Wildman–Crippen LogP) is 4.26. The number of rotatable bonds is 5. The highest BCUT2D eigenvalue weighted by Gasteiger charge is 2.08.